The van der Waals surface area contributed by atoms with Crippen LogP contribution >= 0.6 is 15.9 Å². The van der Waals surface area contributed by atoms with Crippen LogP contribution in [-0.2, 0) is 0 Å². The van der Waals surface area contributed by atoms with E-state index in [0.717, 1.165) is 32.2 Å². The van der Waals surface area contributed by atoms with Gasteiger partial charge < -0.3 is 0 Å². The number of benzene rings is 2. The highest BCUT2D eigenvalue weighted by Crippen LogP contribution is 2.25. The van der Waals surface area contributed by atoms with E-state index in [4.69, 9.17) is 0 Å². The third-order valence-corrected chi connectivity index (χ3v) is 3.61. The lowest BCUT2D eigenvalue weighted by Crippen LogP contribution is -2.00. The zero-order chi connectivity index (χ0) is 13.6. The molecule has 1 heterocycles. The summed E-state index contributed by atoms with van der Waals surface area (Å²) < 4.78 is 16.1. The van der Waals surface area contributed by atoms with Gasteiger partial charge in [0, 0.05) is 16.1 Å². The van der Waals surface area contributed by atoms with Gasteiger partial charge in [-0.25, -0.2) is 9.07 Å². The molecular weight excluding hydrogens is 307 g/mol. The molecule has 0 bridgehead atoms. The lowest BCUT2D eigenvalue weighted by molar-refractivity contribution is 0.630. The molecule has 2 nitrogen and oxygen atoms in total. The van der Waals surface area contributed by atoms with Crippen LogP contribution in [0.15, 0.2) is 41.0 Å². The monoisotopic (exact) mass is 318 g/mol. The predicted molar refractivity (Wildman–Crippen MR) is 78.2 cm³/mol. The van der Waals surface area contributed by atoms with Crippen LogP contribution in [0.1, 0.15) is 11.1 Å². The SMILES string of the molecule is Cc1cc(Br)cc(C)c1-n1cc2cc(F)ccc2n1. The van der Waals surface area contributed by atoms with Crippen LogP contribution in [0.3, 0.4) is 0 Å². The summed E-state index contributed by atoms with van der Waals surface area (Å²) in [5.74, 6) is -0.240. The van der Waals surface area contributed by atoms with E-state index in [1.807, 2.05) is 24.7 Å². The molecule has 4 heteroatoms. The number of aryl methyl sites for hydroxylation is 2. The molecule has 96 valence electrons. The fraction of sp³-hybridized carbons (Fsp3) is 0.133. The van der Waals surface area contributed by atoms with Gasteiger partial charge in [0.05, 0.1) is 11.2 Å². The molecule has 3 aromatic rings. The molecule has 0 unspecified atom stereocenters. The molecular formula is C15H12BrFN2. The Bertz CT molecular complexity index is 754. The molecule has 0 spiro atoms. The molecule has 1 aromatic heterocycles. The number of halogens is 2. The number of aromatic nitrogens is 2. The Labute approximate surface area is 119 Å². The molecule has 0 aliphatic rings. The van der Waals surface area contributed by atoms with Crippen molar-refractivity contribution in [2.45, 2.75) is 13.8 Å². The van der Waals surface area contributed by atoms with Crippen molar-refractivity contribution in [2.75, 3.05) is 0 Å². The molecule has 0 aliphatic carbocycles. The summed E-state index contributed by atoms with van der Waals surface area (Å²) in [4.78, 5) is 0. The minimum Gasteiger partial charge on any atom is -0.239 e. The molecule has 3 rings (SSSR count). The Kier molecular flexibility index (Phi) is 2.90. The minimum absolute atomic E-state index is 0.240. The third-order valence-electron chi connectivity index (χ3n) is 3.15. The van der Waals surface area contributed by atoms with Crippen molar-refractivity contribution >= 4 is 26.8 Å². The van der Waals surface area contributed by atoms with Crippen molar-refractivity contribution < 1.29 is 4.39 Å². The number of fused-ring (bicyclic) bond motifs is 1. The van der Waals surface area contributed by atoms with Gasteiger partial charge in [-0.2, -0.15) is 5.10 Å². The fourth-order valence-corrected chi connectivity index (χ4v) is 3.06. The van der Waals surface area contributed by atoms with Gasteiger partial charge in [-0.05, 0) is 55.3 Å². The first-order valence-electron chi connectivity index (χ1n) is 5.96. The first-order valence-corrected chi connectivity index (χ1v) is 6.76. The zero-order valence-corrected chi connectivity index (χ0v) is 12.2. The quantitative estimate of drug-likeness (QED) is 0.644. The van der Waals surface area contributed by atoms with E-state index < -0.39 is 0 Å². The van der Waals surface area contributed by atoms with Crippen LogP contribution in [0.2, 0.25) is 0 Å². The Morgan fingerprint density at radius 3 is 2.47 bits per heavy atom. The number of hydrogen-bond acceptors (Lipinski definition) is 1. The molecule has 0 saturated carbocycles. The summed E-state index contributed by atoms with van der Waals surface area (Å²) in [6.45, 7) is 4.08. The van der Waals surface area contributed by atoms with Gasteiger partial charge in [0.2, 0.25) is 0 Å². The maximum Gasteiger partial charge on any atom is 0.124 e. The van der Waals surface area contributed by atoms with Crippen molar-refractivity contribution in [2.24, 2.45) is 0 Å². The topological polar surface area (TPSA) is 17.8 Å². The summed E-state index contributed by atoms with van der Waals surface area (Å²) in [6, 6.07) is 8.73. The van der Waals surface area contributed by atoms with Gasteiger partial charge in [0.15, 0.2) is 0 Å². The first-order chi connectivity index (χ1) is 9.04. The van der Waals surface area contributed by atoms with Crippen LogP contribution in [-0.4, -0.2) is 9.78 Å². The molecule has 0 N–H and O–H groups in total. The molecule has 0 aliphatic heterocycles. The van der Waals surface area contributed by atoms with Crippen molar-refractivity contribution in [3.05, 3.63) is 57.9 Å². The van der Waals surface area contributed by atoms with Crippen LogP contribution < -0.4 is 0 Å². The number of nitrogens with zero attached hydrogens (tertiary/aromatic N) is 2. The normalized spacial score (nSPS) is 11.2. The van der Waals surface area contributed by atoms with Crippen LogP contribution in [0.4, 0.5) is 4.39 Å². The average molecular weight is 319 g/mol. The smallest absolute Gasteiger partial charge is 0.124 e. The fourth-order valence-electron chi connectivity index (χ4n) is 2.38. The first kappa shape index (κ1) is 12.4. The highest BCUT2D eigenvalue weighted by atomic mass is 79.9. The molecule has 0 fully saturated rings. The van der Waals surface area contributed by atoms with E-state index in [2.05, 4.69) is 33.2 Å². The third kappa shape index (κ3) is 2.16. The van der Waals surface area contributed by atoms with Crippen molar-refractivity contribution in [3.63, 3.8) is 0 Å². The average Bonchev–Trinajstić information content (AvgIpc) is 2.69. The Balaban J connectivity index is 2.24. The van der Waals surface area contributed by atoms with Gasteiger partial charge in [-0.1, -0.05) is 15.9 Å². The summed E-state index contributed by atoms with van der Waals surface area (Å²) in [6.07, 6.45) is 1.86. The molecule has 0 saturated heterocycles. The highest BCUT2D eigenvalue weighted by Gasteiger charge is 2.09. The second kappa shape index (κ2) is 4.46. The molecule has 19 heavy (non-hydrogen) atoms. The van der Waals surface area contributed by atoms with E-state index in [0.29, 0.717) is 0 Å². The maximum atomic E-state index is 13.2. The number of hydrogen-bond donors (Lipinski definition) is 0. The molecule has 0 amide bonds. The minimum atomic E-state index is -0.240. The summed E-state index contributed by atoms with van der Waals surface area (Å²) in [7, 11) is 0. The van der Waals surface area contributed by atoms with E-state index in [9.17, 15) is 4.39 Å². The van der Waals surface area contributed by atoms with Crippen molar-refractivity contribution in [1.82, 2.24) is 9.78 Å². The highest BCUT2D eigenvalue weighted by molar-refractivity contribution is 9.10. The largest absolute Gasteiger partial charge is 0.239 e. The van der Waals surface area contributed by atoms with Gasteiger partial charge in [0.1, 0.15) is 5.82 Å². The standard InChI is InChI=1S/C15H12BrFN2/c1-9-5-12(16)6-10(2)15(9)19-8-11-7-13(17)3-4-14(11)18-19/h3-8H,1-2H3. The van der Waals surface area contributed by atoms with Crippen LogP contribution in [0.5, 0.6) is 0 Å². The van der Waals surface area contributed by atoms with E-state index >= 15 is 0 Å². The Morgan fingerprint density at radius 1 is 1.11 bits per heavy atom. The van der Waals surface area contributed by atoms with E-state index in [1.165, 1.54) is 12.1 Å². The van der Waals surface area contributed by atoms with E-state index in [1.54, 1.807) is 6.07 Å². The van der Waals surface area contributed by atoms with E-state index in [-0.39, 0.29) is 5.82 Å². The maximum absolute atomic E-state index is 13.2. The predicted octanol–water partition coefficient (Wildman–Crippen LogP) is 4.54. The second-order valence-corrected chi connectivity index (χ2v) is 5.58. The Morgan fingerprint density at radius 2 is 1.79 bits per heavy atom. The lowest BCUT2D eigenvalue weighted by Gasteiger charge is -2.10. The van der Waals surface area contributed by atoms with Gasteiger partial charge >= 0.3 is 0 Å². The summed E-state index contributed by atoms with van der Waals surface area (Å²) >= 11 is 3.48. The molecule has 0 atom stereocenters. The summed E-state index contributed by atoms with van der Waals surface area (Å²) in [5, 5.41) is 5.32. The van der Waals surface area contributed by atoms with Crippen molar-refractivity contribution in [1.29, 1.82) is 0 Å². The lowest BCUT2D eigenvalue weighted by atomic mass is 10.1. The molecule has 2 aromatic carbocycles. The van der Waals surface area contributed by atoms with Gasteiger partial charge in [0.25, 0.3) is 0 Å². The van der Waals surface area contributed by atoms with Crippen molar-refractivity contribution in [3.8, 4) is 5.69 Å². The van der Waals surface area contributed by atoms with Crippen LogP contribution in [0.25, 0.3) is 16.6 Å². The molecule has 0 radical (unpaired) electrons. The number of rotatable bonds is 1. The Hall–Kier alpha value is -1.68. The van der Waals surface area contributed by atoms with Gasteiger partial charge in [-0.3, -0.25) is 0 Å². The summed E-state index contributed by atoms with van der Waals surface area (Å²) in [5.41, 5.74) is 4.09. The van der Waals surface area contributed by atoms with Crippen LogP contribution in [0, 0.1) is 19.7 Å². The zero-order valence-electron chi connectivity index (χ0n) is 10.6. The van der Waals surface area contributed by atoms with Gasteiger partial charge in [-0.15, -0.1) is 0 Å². The second-order valence-electron chi connectivity index (χ2n) is 4.66.